The molecule has 1 heterocycles. The number of rotatable bonds is 3. The largest absolute Gasteiger partial charge is 0.454 e. The van der Waals surface area contributed by atoms with Crippen LogP contribution in [-0.4, -0.2) is 26.5 Å². The van der Waals surface area contributed by atoms with Crippen molar-refractivity contribution in [3.05, 3.63) is 54.1 Å². The zero-order chi connectivity index (χ0) is 15.3. The molecule has 2 N–H and O–H groups in total. The van der Waals surface area contributed by atoms with Crippen LogP contribution >= 0.6 is 0 Å². The number of nitrogens with two attached hydrogens (primary N) is 1. The smallest absolute Gasteiger partial charge is 0.231 e. The van der Waals surface area contributed by atoms with Crippen LogP contribution in [0.1, 0.15) is 11.5 Å². The zero-order valence-corrected chi connectivity index (χ0v) is 12.5. The Hall–Kier alpha value is -2.05. The Kier molecular flexibility index (Phi) is 2.92. The van der Waals surface area contributed by atoms with Crippen LogP contribution in [0.15, 0.2) is 53.4 Å². The topological polar surface area (TPSA) is 78.6 Å². The molecular weight excluding hydrogens is 302 g/mol. The van der Waals surface area contributed by atoms with Crippen LogP contribution in [0.3, 0.4) is 0 Å². The fourth-order valence-electron chi connectivity index (χ4n) is 3.00. The van der Waals surface area contributed by atoms with Crippen molar-refractivity contribution >= 4 is 9.84 Å². The number of benzene rings is 2. The maximum atomic E-state index is 12.7. The van der Waals surface area contributed by atoms with Gasteiger partial charge >= 0.3 is 0 Å². The number of ether oxygens (including phenoxy) is 2. The molecule has 6 heteroatoms. The highest BCUT2D eigenvalue weighted by Crippen LogP contribution is 2.49. The number of fused-ring (bicyclic) bond motifs is 1. The van der Waals surface area contributed by atoms with Crippen molar-refractivity contribution in [1.82, 2.24) is 0 Å². The van der Waals surface area contributed by atoms with E-state index < -0.39 is 21.1 Å². The van der Waals surface area contributed by atoms with Crippen molar-refractivity contribution in [3.63, 3.8) is 0 Å². The maximum Gasteiger partial charge on any atom is 0.231 e. The molecule has 3 atom stereocenters. The molecule has 1 saturated carbocycles. The van der Waals surface area contributed by atoms with Crippen molar-refractivity contribution in [2.24, 2.45) is 5.73 Å². The van der Waals surface area contributed by atoms with Crippen LogP contribution in [0.2, 0.25) is 0 Å². The lowest BCUT2D eigenvalue weighted by Crippen LogP contribution is -2.15. The van der Waals surface area contributed by atoms with E-state index in [0.29, 0.717) is 16.4 Å². The second-order valence-corrected chi connectivity index (χ2v) is 7.64. The summed E-state index contributed by atoms with van der Waals surface area (Å²) in [6, 6.07) is 13.5. The maximum absolute atomic E-state index is 12.7. The van der Waals surface area contributed by atoms with Crippen LogP contribution in [0.5, 0.6) is 11.5 Å². The quantitative estimate of drug-likeness (QED) is 0.932. The first-order chi connectivity index (χ1) is 10.6. The first kappa shape index (κ1) is 13.6. The Morgan fingerprint density at radius 3 is 2.50 bits per heavy atom. The Labute approximate surface area is 128 Å². The molecule has 0 amide bonds. The molecule has 0 saturated heterocycles. The summed E-state index contributed by atoms with van der Waals surface area (Å²) in [5.41, 5.74) is 6.94. The summed E-state index contributed by atoms with van der Waals surface area (Å²) >= 11 is 0. The first-order valence-electron chi connectivity index (χ1n) is 7.03. The van der Waals surface area contributed by atoms with E-state index in [-0.39, 0.29) is 12.7 Å². The zero-order valence-electron chi connectivity index (χ0n) is 11.7. The summed E-state index contributed by atoms with van der Waals surface area (Å²) in [5.74, 6) is 1.12. The lowest BCUT2D eigenvalue weighted by molar-refractivity contribution is 0.174. The van der Waals surface area contributed by atoms with Crippen LogP contribution in [-0.2, 0) is 9.84 Å². The Balaban J connectivity index is 1.66. The second kappa shape index (κ2) is 4.72. The summed E-state index contributed by atoms with van der Waals surface area (Å²) in [6.45, 7) is 0.196. The molecule has 22 heavy (non-hydrogen) atoms. The van der Waals surface area contributed by atoms with E-state index in [9.17, 15) is 8.42 Å². The predicted octanol–water partition coefficient (Wildman–Crippen LogP) is 1.68. The number of hydrogen-bond acceptors (Lipinski definition) is 5. The molecule has 5 nitrogen and oxygen atoms in total. The molecule has 4 rings (SSSR count). The van der Waals surface area contributed by atoms with Gasteiger partial charge in [0.2, 0.25) is 6.79 Å². The molecule has 1 aliphatic heterocycles. The van der Waals surface area contributed by atoms with Gasteiger partial charge in [0.05, 0.1) is 10.1 Å². The minimum Gasteiger partial charge on any atom is -0.454 e. The van der Waals surface area contributed by atoms with Gasteiger partial charge in [-0.25, -0.2) is 8.42 Å². The van der Waals surface area contributed by atoms with E-state index in [1.54, 1.807) is 36.4 Å². The van der Waals surface area contributed by atoms with Crippen LogP contribution in [0.4, 0.5) is 0 Å². The van der Waals surface area contributed by atoms with Gasteiger partial charge in [-0.3, -0.25) is 0 Å². The minimum atomic E-state index is -3.42. The van der Waals surface area contributed by atoms with E-state index in [2.05, 4.69) is 0 Å². The molecule has 0 bridgehead atoms. The normalized spacial score (nSPS) is 26.0. The third-order valence-electron chi connectivity index (χ3n) is 4.22. The van der Waals surface area contributed by atoms with E-state index in [1.807, 2.05) is 12.1 Å². The third-order valence-corrected chi connectivity index (χ3v) is 6.47. The van der Waals surface area contributed by atoms with Gasteiger partial charge in [0, 0.05) is 12.0 Å². The van der Waals surface area contributed by atoms with Crippen LogP contribution < -0.4 is 15.2 Å². The molecule has 2 aliphatic rings. The van der Waals surface area contributed by atoms with Crippen LogP contribution in [0.25, 0.3) is 0 Å². The van der Waals surface area contributed by atoms with Crippen molar-refractivity contribution in [2.45, 2.75) is 22.1 Å². The monoisotopic (exact) mass is 317 g/mol. The minimum absolute atomic E-state index is 0.196. The first-order valence-corrected chi connectivity index (χ1v) is 8.58. The highest BCUT2D eigenvalue weighted by Gasteiger charge is 2.57. The average Bonchev–Trinajstić information content (AvgIpc) is 3.01. The SMILES string of the molecule is N[C@@H]1[C@H](c2ccc3c(c2)OCO3)[C@H]1S(=O)(=O)c1ccccc1. The van der Waals surface area contributed by atoms with Crippen LogP contribution in [0, 0.1) is 0 Å². The van der Waals surface area contributed by atoms with Crippen molar-refractivity contribution < 1.29 is 17.9 Å². The summed E-state index contributed by atoms with van der Waals surface area (Å²) in [6.07, 6.45) is 0. The van der Waals surface area contributed by atoms with Gasteiger partial charge in [-0.15, -0.1) is 0 Å². The summed E-state index contributed by atoms with van der Waals surface area (Å²) in [7, 11) is -3.42. The fourth-order valence-corrected chi connectivity index (χ4v) is 5.07. The van der Waals surface area contributed by atoms with E-state index in [4.69, 9.17) is 15.2 Å². The van der Waals surface area contributed by atoms with Gasteiger partial charge in [-0.1, -0.05) is 24.3 Å². The highest BCUT2D eigenvalue weighted by molar-refractivity contribution is 7.92. The number of sulfone groups is 1. The van der Waals surface area contributed by atoms with E-state index in [1.165, 1.54) is 0 Å². The third kappa shape index (κ3) is 1.99. The fraction of sp³-hybridized carbons (Fsp3) is 0.250. The molecule has 2 aromatic rings. The number of hydrogen-bond donors (Lipinski definition) is 1. The molecule has 2 aromatic carbocycles. The standard InChI is InChI=1S/C16H15NO4S/c17-15-14(10-6-7-12-13(8-10)21-9-20-12)16(15)22(18,19)11-4-2-1-3-5-11/h1-8,14-16H,9,17H2/t14-,15+,16+/m0/s1. The lowest BCUT2D eigenvalue weighted by Gasteiger charge is -2.04. The van der Waals surface area contributed by atoms with Crippen molar-refractivity contribution in [1.29, 1.82) is 0 Å². The molecule has 1 fully saturated rings. The Morgan fingerprint density at radius 1 is 1.00 bits per heavy atom. The van der Waals surface area contributed by atoms with Gasteiger partial charge in [0.25, 0.3) is 0 Å². The molecule has 0 aromatic heterocycles. The Bertz CT molecular complexity index is 819. The molecule has 0 radical (unpaired) electrons. The van der Waals surface area contributed by atoms with Gasteiger partial charge in [-0.05, 0) is 29.8 Å². The van der Waals surface area contributed by atoms with Gasteiger partial charge in [-0.2, -0.15) is 0 Å². The summed E-state index contributed by atoms with van der Waals surface area (Å²) in [5, 5.41) is -0.588. The highest BCUT2D eigenvalue weighted by atomic mass is 32.2. The van der Waals surface area contributed by atoms with Crippen molar-refractivity contribution in [2.75, 3.05) is 6.79 Å². The Morgan fingerprint density at radius 2 is 1.73 bits per heavy atom. The lowest BCUT2D eigenvalue weighted by atomic mass is 10.1. The molecule has 1 aliphatic carbocycles. The summed E-state index contributed by atoms with van der Waals surface area (Å²) < 4.78 is 36.0. The average molecular weight is 317 g/mol. The molecule has 114 valence electrons. The van der Waals surface area contributed by atoms with Gasteiger partial charge in [0.15, 0.2) is 21.3 Å². The predicted molar refractivity (Wildman–Crippen MR) is 80.7 cm³/mol. The molecule has 0 unspecified atom stereocenters. The molecule has 0 spiro atoms. The van der Waals surface area contributed by atoms with Gasteiger partial charge in [0.1, 0.15) is 0 Å². The van der Waals surface area contributed by atoms with E-state index in [0.717, 1.165) is 5.56 Å². The second-order valence-electron chi connectivity index (χ2n) is 5.54. The van der Waals surface area contributed by atoms with Crippen molar-refractivity contribution in [3.8, 4) is 11.5 Å². The van der Waals surface area contributed by atoms with Gasteiger partial charge < -0.3 is 15.2 Å². The summed E-state index contributed by atoms with van der Waals surface area (Å²) in [4.78, 5) is 0.318. The van der Waals surface area contributed by atoms with E-state index >= 15 is 0 Å². The molecular formula is C16H15NO4S.